The summed E-state index contributed by atoms with van der Waals surface area (Å²) in [5.74, 6) is -8.01. The number of cyclic esters (lactones) is 4. The van der Waals surface area contributed by atoms with Crippen LogP contribution in [0.25, 0.3) is 65.3 Å². The second kappa shape index (κ2) is 40.1. The molecule has 0 bridgehead atoms. The number of phenols is 8. The summed E-state index contributed by atoms with van der Waals surface area (Å²) in [5.41, 5.74) is 0.356. The second-order valence-corrected chi connectivity index (χ2v) is 32.7. The highest BCUT2D eigenvalue weighted by Crippen LogP contribution is 2.59. The van der Waals surface area contributed by atoms with E-state index in [1.54, 1.807) is 24.3 Å². The van der Waals surface area contributed by atoms with Crippen molar-refractivity contribution in [3.63, 3.8) is 0 Å². The largest absolute Gasteiger partial charge is 0.506 e. The van der Waals surface area contributed by atoms with E-state index >= 15 is 0 Å². The number of hydrogen-bond acceptors (Lipinski definition) is 28. The molecule has 0 saturated heterocycles. The van der Waals surface area contributed by atoms with E-state index in [1.165, 1.54) is 52.7 Å². The van der Waals surface area contributed by atoms with Gasteiger partial charge in [0.05, 0.1) is 121 Å². The van der Waals surface area contributed by atoms with Crippen molar-refractivity contribution in [3.05, 3.63) is 93.0 Å². The molecule has 0 unspecified atom stereocenters. The molecule has 0 radical (unpaired) electrons. The smallest absolute Gasteiger partial charge is 0.342 e. The fourth-order valence-corrected chi connectivity index (χ4v) is 17.8. The van der Waals surface area contributed by atoms with Gasteiger partial charge < -0.3 is 120 Å². The van der Waals surface area contributed by atoms with Crippen LogP contribution < -0.4 is 18.9 Å². The average molecular weight is 1670 g/mol. The van der Waals surface area contributed by atoms with Gasteiger partial charge >= 0.3 is 23.9 Å². The van der Waals surface area contributed by atoms with E-state index in [-0.39, 0.29) is 188 Å². The monoisotopic (exact) mass is 1670 g/mol. The topological polar surface area (TPSA) is 466 Å². The number of carbonyl (C=O) groups is 4. The molecule has 120 heavy (non-hydrogen) atoms. The summed E-state index contributed by atoms with van der Waals surface area (Å²) in [7, 11) is 5.34. The summed E-state index contributed by atoms with van der Waals surface area (Å²) in [4.78, 5) is 53.6. The summed E-state index contributed by atoms with van der Waals surface area (Å²) < 4.78 is 45.3. The Bertz CT molecular complexity index is 4430. The highest BCUT2D eigenvalue weighted by Gasteiger charge is 2.41. The number of phenolic OH excluding ortho intramolecular Hbond substituents is 8. The molecule has 8 aromatic rings. The highest BCUT2D eigenvalue weighted by molar-refractivity contribution is 6.15. The average Bonchev–Trinajstić information content (AvgIpc) is 0.729. The molecule has 0 spiro atoms. The van der Waals surface area contributed by atoms with Crippen LogP contribution in [0.2, 0.25) is 0 Å². The zero-order valence-corrected chi connectivity index (χ0v) is 69.4. The quantitative estimate of drug-likeness (QED) is 0.00971. The minimum Gasteiger partial charge on any atom is -0.506 e. The molecule has 28 heteroatoms. The molecule has 4 aliphatic heterocycles. The van der Waals surface area contributed by atoms with Gasteiger partial charge in [-0.2, -0.15) is 0 Å². The molecule has 4 aliphatic rings. The van der Waals surface area contributed by atoms with Crippen molar-refractivity contribution in [2.75, 3.05) is 28.4 Å². The maximum atomic E-state index is 13.4. The zero-order chi connectivity index (χ0) is 86.8. The van der Waals surface area contributed by atoms with Crippen molar-refractivity contribution >= 4 is 67.0 Å². The Balaban J connectivity index is 0.000000235. The molecule has 12 rings (SSSR count). The van der Waals surface area contributed by atoms with Gasteiger partial charge in [0, 0.05) is 51.4 Å². The van der Waals surface area contributed by atoms with Gasteiger partial charge in [0.2, 0.25) is 0 Å². The van der Waals surface area contributed by atoms with Crippen LogP contribution in [0.3, 0.4) is 0 Å². The minimum atomic E-state index is -0.927. The van der Waals surface area contributed by atoms with Gasteiger partial charge in [-0.1, -0.05) is 105 Å². The van der Waals surface area contributed by atoms with Gasteiger partial charge in [0.15, 0.2) is 0 Å². The van der Waals surface area contributed by atoms with E-state index in [0.29, 0.717) is 47.9 Å². The van der Waals surface area contributed by atoms with Crippen molar-refractivity contribution in [2.24, 2.45) is 0 Å². The van der Waals surface area contributed by atoms with Crippen LogP contribution in [0.4, 0.5) is 0 Å². The van der Waals surface area contributed by atoms with Crippen LogP contribution in [0.1, 0.15) is 245 Å². The van der Waals surface area contributed by atoms with Crippen LogP contribution in [-0.4, -0.2) is 207 Å². The summed E-state index contributed by atoms with van der Waals surface area (Å²) >= 11 is 0. The van der Waals surface area contributed by atoms with E-state index < -0.39 is 143 Å². The zero-order valence-electron chi connectivity index (χ0n) is 69.4. The first-order valence-corrected chi connectivity index (χ1v) is 42.0. The van der Waals surface area contributed by atoms with E-state index in [0.717, 1.165) is 77.0 Å². The van der Waals surface area contributed by atoms with Gasteiger partial charge in [0.1, 0.15) is 116 Å². The second-order valence-electron chi connectivity index (χ2n) is 32.7. The number of benzene rings is 8. The molecule has 12 atom stereocenters. The van der Waals surface area contributed by atoms with E-state index in [4.69, 9.17) is 37.9 Å². The predicted octanol–water partition coefficient (Wildman–Crippen LogP) is 13.7. The minimum absolute atomic E-state index is 0.0310. The van der Waals surface area contributed by atoms with Gasteiger partial charge in [-0.15, -0.1) is 0 Å². The van der Waals surface area contributed by atoms with Crippen molar-refractivity contribution in [1.29, 1.82) is 0 Å². The number of ether oxygens (including phenoxy) is 8. The Morgan fingerprint density at radius 1 is 0.283 bits per heavy atom. The lowest BCUT2D eigenvalue weighted by Gasteiger charge is -2.29. The normalized spacial score (nSPS) is 18.3. The fraction of sp³-hybridized carbons (Fsp3) is 0.522. The van der Waals surface area contributed by atoms with Crippen LogP contribution >= 0.6 is 0 Å². The third-order valence-electron chi connectivity index (χ3n) is 23.6. The number of aliphatic hydroxyl groups excluding tert-OH is 8. The number of methoxy groups -OCH3 is 4. The third kappa shape index (κ3) is 19.8. The number of unbranched alkanes of at least 4 members (excludes halogenated alkanes) is 8. The Morgan fingerprint density at radius 3 is 0.642 bits per heavy atom. The van der Waals surface area contributed by atoms with Gasteiger partial charge in [-0.3, -0.25) is 0 Å². The van der Waals surface area contributed by atoms with Crippen molar-refractivity contribution in [3.8, 4) is 91.2 Å². The number of aromatic hydroxyl groups is 8. The molecule has 0 aromatic heterocycles. The first-order chi connectivity index (χ1) is 57.4. The number of carbonyl (C=O) groups excluding carboxylic acids is 4. The van der Waals surface area contributed by atoms with Gasteiger partial charge in [-0.25, -0.2) is 19.2 Å². The van der Waals surface area contributed by atoms with Crippen molar-refractivity contribution in [1.82, 2.24) is 0 Å². The summed E-state index contributed by atoms with van der Waals surface area (Å²) in [5, 5.41) is 179. The molecule has 4 heterocycles. The maximum Gasteiger partial charge on any atom is 0.342 e. The number of aliphatic hydroxyl groups is 8. The Morgan fingerprint density at radius 2 is 0.467 bits per heavy atom. The molecule has 652 valence electrons. The Kier molecular flexibility index (Phi) is 30.3. The highest BCUT2D eigenvalue weighted by atomic mass is 16.6. The lowest BCUT2D eigenvalue weighted by molar-refractivity contribution is -0.000831. The molecular weight excluding hydrogens is 1550 g/mol. The number of fused-ring (bicyclic) bond motifs is 8. The number of rotatable bonds is 38. The van der Waals surface area contributed by atoms with Gasteiger partial charge in [-0.05, 0) is 144 Å². The molecular formula is C92H116O28. The Labute approximate surface area is 696 Å². The molecule has 0 aliphatic carbocycles. The van der Waals surface area contributed by atoms with Gasteiger partial charge in [0.25, 0.3) is 0 Å². The lowest BCUT2D eigenvalue weighted by atomic mass is 9.87. The van der Waals surface area contributed by atoms with Crippen LogP contribution in [0.5, 0.6) is 69.0 Å². The molecule has 28 nitrogen and oxygen atoms in total. The number of esters is 4. The standard InChI is InChI=1S/2C46H58O14/c2*1-5-7-9-11-27(47)19-29(49)21-31-15-23-13-25-17-33(57-3)39(43(53)35(25)41(51)37(23)45(55)59-31)40-34(58-4)18-26-14-24-16-32(22-30(50)20-28(48)12-10-8-6-2)60-46(56)38(24)42(52)36(26)44(40)54/h2*13-14,17-18,27-32,47-54H,5-12,15-16,19-22H2,1-4H3/t2*27-,28-,29-,30-,31+,32+/m11/s1. The predicted molar refractivity (Wildman–Crippen MR) is 446 cm³/mol. The van der Waals surface area contributed by atoms with E-state index in [9.17, 15) is 101 Å². The maximum absolute atomic E-state index is 13.4. The van der Waals surface area contributed by atoms with E-state index in [1.807, 2.05) is 0 Å². The number of hydrogen-bond donors (Lipinski definition) is 16. The third-order valence-corrected chi connectivity index (χ3v) is 23.6. The first kappa shape index (κ1) is 90.7. The fourth-order valence-electron chi connectivity index (χ4n) is 17.8. The molecule has 8 aromatic carbocycles. The van der Waals surface area contributed by atoms with E-state index in [2.05, 4.69) is 27.7 Å². The molecule has 16 N–H and O–H groups in total. The molecule has 0 amide bonds. The van der Waals surface area contributed by atoms with Crippen LogP contribution in [0.15, 0.2) is 48.5 Å². The molecule has 0 fully saturated rings. The summed E-state index contributed by atoms with van der Waals surface area (Å²) in [6, 6.07) is 12.5. The Hall–Kier alpha value is -10.0. The summed E-state index contributed by atoms with van der Waals surface area (Å²) in [6.07, 6.45) is 5.57. The SMILES string of the molecule is CCCCC[C@@H](O)C[C@@H](O)C[C@@H]1Cc2cc3cc(OC)c(-c4c(OC)cc5cc6c(c(O)c5c4O)C(=O)O[C@H](C[C@H](O)C[C@H](O)CCCCC)C6)c(O)c3c(O)c2C(=O)O1.CCCCC[C@@H](O)C[C@@H](O)C[C@@H]1Cc2cc3cc(OC)c(-c4c(OC)cc5cc6c(c(O)c5c4O)C(=O)O[C@H](C[C@H](O)C[C@H](O)CCCCC)C6)c(O)c3c(O)c2C(=O)O1. The van der Waals surface area contributed by atoms with Crippen LogP contribution in [-0.2, 0) is 44.6 Å². The van der Waals surface area contributed by atoms with Crippen molar-refractivity contribution in [2.45, 2.75) is 281 Å². The summed E-state index contributed by atoms with van der Waals surface area (Å²) in [6.45, 7) is 8.26. The lowest BCUT2D eigenvalue weighted by Crippen LogP contribution is -2.32. The first-order valence-electron chi connectivity index (χ1n) is 42.0. The van der Waals surface area contributed by atoms with Crippen LogP contribution in [0, 0.1) is 0 Å². The van der Waals surface area contributed by atoms with Crippen molar-refractivity contribution < 1.29 is 139 Å². The molecule has 0 saturated carbocycles.